The van der Waals surface area contributed by atoms with Crippen LogP contribution in [-0.2, 0) is 4.79 Å². The second-order valence-corrected chi connectivity index (χ2v) is 9.75. The van der Waals surface area contributed by atoms with Gasteiger partial charge in [0.15, 0.2) is 17.3 Å². The van der Waals surface area contributed by atoms with Gasteiger partial charge in [-0.1, -0.05) is 12.8 Å². The number of H-pyrrole nitrogens is 2. The van der Waals surface area contributed by atoms with Crippen LogP contribution in [0.3, 0.4) is 0 Å². The van der Waals surface area contributed by atoms with Gasteiger partial charge in [0, 0.05) is 41.8 Å². The van der Waals surface area contributed by atoms with Gasteiger partial charge in [0.05, 0.1) is 28.5 Å². The molecule has 0 atom stereocenters. The number of imidazole rings is 2. The third-order valence-electron chi connectivity index (χ3n) is 7.14. The summed E-state index contributed by atoms with van der Waals surface area (Å²) in [4.78, 5) is 37.9. The van der Waals surface area contributed by atoms with Gasteiger partial charge in [-0.05, 0) is 31.9 Å². The molecule has 6 heterocycles. The molecule has 3 N–H and O–H groups in total. The number of fused-ring (bicyclic) bond motifs is 2. The number of carbonyl (C=O) groups is 1. The molecule has 39 heavy (non-hydrogen) atoms. The van der Waals surface area contributed by atoms with E-state index in [1.54, 1.807) is 41.6 Å². The van der Waals surface area contributed by atoms with Gasteiger partial charge in [0.25, 0.3) is 0 Å². The summed E-state index contributed by atoms with van der Waals surface area (Å²) in [6.07, 6.45) is 13.6. The Bertz CT molecular complexity index is 1860. The number of aryl methyl sites for hydroxylation is 1. The number of halogens is 1. The lowest BCUT2D eigenvalue weighted by Gasteiger charge is -2.11. The van der Waals surface area contributed by atoms with Crippen molar-refractivity contribution in [2.75, 3.05) is 5.32 Å². The number of amides is 1. The fraction of sp³-hybridized carbons (Fsp3) is 0.222. The Morgan fingerprint density at radius 1 is 1.15 bits per heavy atom. The summed E-state index contributed by atoms with van der Waals surface area (Å²) in [5.41, 5.74) is 4.00. The molecule has 6 aromatic rings. The molecular weight excluding hydrogens is 499 g/mol. The van der Waals surface area contributed by atoms with E-state index in [1.807, 2.05) is 13.1 Å². The van der Waals surface area contributed by atoms with Crippen LogP contribution in [0.25, 0.3) is 50.5 Å². The number of hydrogen-bond donors (Lipinski definition) is 3. The van der Waals surface area contributed by atoms with Crippen molar-refractivity contribution in [2.24, 2.45) is 5.92 Å². The van der Waals surface area contributed by atoms with E-state index >= 15 is 4.39 Å². The minimum absolute atomic E-state index is 0.00854. The smallest absolute Gasteiger partial charge is 0.227 e. The maximum atomic E-state index is 16.1. The van der Waals surface area contributed by atoms with Crippen molar-refractivity contribution < 1.29 is 9.18 Å². The molecule has 12 heteroatoms. The lowest BCUT2D eigenvalue weighted by molar-refractivity contribution is -0.119. The zero-order valence-electron chi connectivity index (χ0n) is 20.9. The zero-order valence-corrected chi connectivity index (χ0v) is 20.9. The van der Waals surface area contributed by atoms with Crippen molar-refractivity contribution in [2.45, 2.75) is 32.6 Å². The van der Waals surface area contributed by atoms with Crippen LogP contribution in [0.5, 0.6) is 0 Å². The molecule has 0 spiro atoms. The fourth-order valence-corrected chi connectivity index (χ4v) is 5.18. The second kappa shape index (κ2) is 9.08. The van der Waals surface area contributed by atoms with Crippen LogP contribution in [0, 0.1) is 18.7 Å². The number of rotatable bonds is 5. The number of anilines is 1. The van der Waals surface area contributed by atoms with Crippen molar-refractivity contribution in [3.8, 4) is 28.5 Å². The molecule has 1 aliphatic rings. The Morgan fingerprint density at radius 2 is 2.03 bits per heavy atom. The first-order chi connectivity index (χ1) is 19.0. The van der Waals surface area contributed by atoms with E-state index in [1.165, 1.54) is 6.20 Å². The molecular formula is C27H23FN10O. The van der Waals surface area contributed by atoms with Crippen molar-refractivity contribution in [3.63, 3.8) is 0 Å². The van der Waals surface area contributed by atoms with Crippen molar-refractivity contribution in [3.05, 3.63) is 61.0 Å². The molecule has 0 radical (unpaired) electrons. The quantitative estimate of drug-likeness (QED) is 0.297. The van der Waals surface area contributed by atoms with Crippen LogP contribution < -0.4 is 5.32 Å². The summed E-state index contributed by atoms with van der Waals surface area (Å²) >= 11 is 0. The molecule has 0 bridgehead atoms. The average Bonchev–Trinajstić information content (AvgIpc) is 3.75. The maximum absolute atomic E-state index is 16.1. The molecule has 1 amide bonds. The predicted octanol–water partition coefficient (Wildman–Crippen LogP) is 4.72. The van der Waals surface area contributed by atoms with E-state index in [4.69, 9.17) is 4.98 Å². The van der Waals surface area contributed by atoms with Gasteiger partial charge in [-0.15, -0.1) is 0 Å². The third kappa shape index (κ3) is 4.00. The highest BCUT2D eigenvalue weighted by Crippen LogP contribution is 2.34. The maximum Gasteiger partial charge on any atom is 0.227 e. The van der Waals surface area contributed by atoms with Gasteiger partial charge in [0.1, 0.15) is 23.4 Å². The number of nitrogens with zero attached hydrogens (tertiary/aromatic N) is 7. The van der Waals surface area contributed by atoms with E-state index in [2.05, 4.69) is 40.4 Å². The van der Waals surface area contributed by atoms with Crippen LogP contribution in [-0.4, -0.2) is 50.6 Å². The first kappa shape index (κ1) is 23.1. The highest BCUT2D eigenvalue weighted by molar-refractivity contribution is 5.96. The summed E-state index contributed by atoms with van der Waals surface area (Å²) in [7, 11) is 0. The average molecular weight is 523 g/mol. The Morgan fingerprint density at radius 3 is 2.85 bits per heavy atom. The summed E-state index contributed by atoms with van der Waals surface area (Å²) < 4.78 is 17.9. The number of nitrogens with one attached hydrogen (secondary N) is 3. The zero-order chi connectivity index (χ0) is 26.5. The van der Waals surface area contributed by atoms with Gasteiger partial charge in [-0.3, -0.25) is 19.4 Å². The lowest BCUT2D eigenvalue weighted by Crippen LogP contribution is -2.20. The monoisotopic (exact) mass is 522 g/mol. The summed E-state index contributed by atoms with van der Waals surface area (Å²) in [6, 6.07) is 3.51. The normalized spacial score (nSPS) is 14.0. The number of carbonyl (C=O) groups excluding carboxylic acids is 1. The highest BCUT2D eigenvalue weighted by Gasteiger charge is 2.24. The third-order valence-corrected chi connectivity index (χ3v) is 7.14. The molecule has 1 aliphatic carbocycles. The van der Waals surface area contributed by atoms with Crippen molar-refractivity contribution in [1.29, 1.82) is 0 Å². The Kier molecular flexibility index (Phi) is 5.39. The molecule has 194 valence electrons. The second-order valence-electron chi connectivity index (χ2n) is 9.75. The van der Waals surface area contributed by atoms with E-state index in [0.717, 1.165) is 36.9 Å². The molecule has 1 saturated carbocycles. The molecule has 11 nitrogen and oxygen atoms in total. The van der Waals surface area contributed by atoms with Gasteiger partial charge in [0.2, 0.25) is 5.91 Å². The highest BCUT2D eigenvalue weighted by atomic mass is 19.1. The minimum atomic E-state index is -0.520. The largest absolute Gasteiger partial charge is 0.336 e. The van der Waals surface area contributed by atoms with Gasteiger partial charge in [-0.25, -0.2) is 24.3 Å². The van der Waals surface area contributed by atoms with Crippen LogP contribution in [0.15, 0.2) is 49.4 Å². The van der Waals surface area contributed by atoms with Gasteiger partial charge in [-0.2, -0.15) is 5.10 Å². The van der Waals surface area contributed by atoms with Crippen LogP contribution in [0.1, 0.15) is 31.4 Å². The van der Waals surface area contributed by atoms with Crippen LogP contribution in [0.4, 0.5) is 10.1 Å². The first-order valence-electron chi connectivity index (χ1n) is 12.7. The summed E-state index contributed by atoms with van der Waals surface area (Å²) in [6.45, 7) is 1.89. The van der Waals surface area contributed by atoms with Crippen molar-refractivity contribution >= 4 is 33.7 Å². The van der Waals surface area contributed by atoms with E-state index in [0.29, 0.717) is 34.1 Å². The summed E-state index contributed by atoms with van der Waals surface area (Å²) in [5, 5.41) is 10.2. The fourth-order valence-electron chi connectivity index (χ4n) is 5.18. The van der Waals surface area contributed by atoms with Gasteiger partial charge >= 0.3 is 0 Å². The number of hydrogen-bond acceptors (Lipinski definition) is 7. The van der Waals surface area contributed by atoms with E-state index in [9.17, 15) is 4.79 Å². The Balaban J connectivity index is 1.28. The van der Waals surface area contributed by atoms with E-state index < -0.39 is 5.82 Å². The Hall–Kier alpha value is -5.00. The number of aromatic nitrogens is 9. The number of pyridine rings is 3. The molecule has 0 aromatic carbocycles. The SMILES string of the molecule is Cc1cn(-c2nccc3[nH]c(-c4[nH]nc5ncc(-c6cncc(NC(=O)C7CCCC7)c6)c(F)c45)nc23)cn1. The first-order valence-corrected chi connectivity index (χ1v) is 12.7. The molecule has 0 unspecified atom stereocenters. The Labute approximate surface area is 221 Å². The van der Waals surface area contributed by atoms with Crippen LogP contribution >= 0.6 is 0 Å². The van der Waals surface area contributed by atoms with E-state index in [-0.39, 0.29) is 28.4 Å². The lowest BCUT2D eigenvalue weighted by atomic mass is 10.1. The molecule has 0 saturated heterocycles. The van der Waals surface area contributed by atoms with Crippen molar-refractivity contribution in [1.82, 2.24) is 44.7 Å². The molecule has 7 rings (SSSR count). The minimum Gasteiger partial charge on any atom is -0.336 e. The molecule has 6 aromatic heterocycles. The van der Waals surface area contributed by atoms with Gasteiger partial charge < -0.3 is 10.3 Å². The topological polar surface area (TPSA) is 143 Å². The standard InChI is InChI=1S/C27H23FN10O/c1-14-12-38(13-32-14)26-22-19(6-7-30-26)34-25(35-22)23-20-21(28)18(11-31-24(20)37-36-23)16-8-17(10-29-9-16)33-27(39)15-4-2-3-5-15/h6-13,15H,2-5H2,1H3,(H,33,39)(H,34,35)(H,31,36,37). The van der Waals surface area contributed by atoms with Crippen LogP contribution in [0.2, 0.25) is 0 Å². The predicted molar refractivity (Wildman–Crippen MR) is 142 cm³/mol. The molecule has 1 fully saturated rings. The molecule has 0 aliphatic heterocycles. The number of aromatic amines is 2. The summed E-state index contributed by atoms with van der Waals surface area (Å²) in [5.74, 6) is 0.457.